The number of benzene rings is 1. The molecule has 7 nitrogen and oxygen atoms in total. The number of anilines is 1. The summed E-state index contributed by atoms with van der Waals surface area (Å²) in [6.45, 7) is 1.81. The highest BCUT2D eigenvalue weighted by Crippen LogP contribution is 2.20. The smallest absolute Gasteiger partial charge is 0.279 e. The van der Waals surface area contributed by atoms with Crippen molar-refractivity contribution in [2.45, 2.75) is 6.92 Å². The molecule has 0 fully saturated rings. The first-order valence-electron chi connectivity index (χ1n) is 7.65. The molecule has 1 aromatic carbocycles. The summed E-state index contributed by atoms with van der Waals surface area (Å²) in [5, 5.41) is 9.80. The third-order valence-electron chi connectivity index (χ3n) is 3.74. The standard InChI is InChI=1S/C17H12ClFN6O/c1-9-20-16(24-23-9)10-2-5-12(6-3-10)21-17(26)14-15(19)25-8-11(18)4-7-13(25)22-14/h2-8H,1H3,(H,21,26)(H,20,23,24). The summed E-state index contributed by atoms with van der Waals surface area (Å²) in [6.07, 6.45) is 1.36. The van der Waals surface area contributed by atoms with Gasteiger partial charge in [0.1, 0.15) is 11.5 Å². The second-order valence-electron chi connectivity index (χ2n) is 5.60. The molecular weight excluding hydrogens is 359 g/mol. The average molecular weight is 371 g/mol. The number of carbonyl (C=O) groups excluding carboxylic acids is 1. The molecule has 130 valence electrons. The van der Waals surface area contributed by atoms with Crippen molar-refractivity contribution in [2.24, 2.45) is 0 Å². The summed E-state index contributed by atoms with van der Waals surface area (Å²) in [7, 11) is 0. The quantitative estimate of drug-likeness (QED) is 0.578. The summed E-state index contributed by atoms with van der Waals surface area (Å²) < 4.78 is 15.5. The molecule has 3 aromatic heterocycles. The first-order chi connectivity index (χ1) is 12.5. The monoisotopic (exact) mass is 370 g/mol. The predicted molar refractivity (Wildman–Crippen MR) is 94.7 cm³/mol. The number of hydrogen-bond acceptors (Lipinski definition) is 4. The van der Waals surface area contributed by atoms with Crippen LogP contribution in [0.5, 0.6) is 0 Å². The molecule has 0 aliphatic heterocycles. The number of imidazole rings is 1. The molecule has 0 unspecified atom stereocenters. The second-order valence-corrected chi connectivity index (χ2v) is 6.04. The molecule has 3 heterocycles. The summed E-state index contributed by atoms with van der Waals surface area (Å²) in [6, 6.07) is 10.0. The van der Waals surface area contributed by atoms with Crippen LogP contribution in [-0.2, 0) is 0 Å². The van der Waals surface area contributed by atoms with Crippen LogP contribution in [0.2, 0.25) is 5.02 Å². The minimum Gasteiger partial charge on any atom is -0.321 e. The minimum absolute atomic E-state index is 0.298. The van der Waals surface area contributed by atoms with Gasteiger partial charge >= 0.3 is 0 Å². The second kappa shape index (κ2) is 6.23. The summed E-state index contributed by atoms with van der Waals surface area (Å²) >= 11 is 5.85. The van der Waals surface area contributed by atoms with Crippen molar-refractivity contribution in [1.82, 2.24) is 24.6 Å². The molecule has 4 rings (SSSR count). The Labute approximate surface area is 151 Å². The lowest BCUT2D eigenvalue weighted by molar-refractivity contribution is 0.101. The van der Waals surface area contributed by atoms with Crippen LogP contribution in [0.15, 0.2) is 42.6 Å². The zero-order valence-corrected chi connectivity index (χ0v) is 14.3. The highest BCUT2D eigenvalue weighted by Gasteiger charge is 2.19. The topological polar surface area (TPSA) is 88.0 Å². The van der Waals surface area contributed by atoms with Gasteiger partial charge in [-0.1, -0.05) is 11.6 Å². The number of nitrogens with one attached hydrogen (secondary N) is 2. The number of aromatic nitrogens is 5. The van der Waals surface area contributed by atoms with Gasteiger partial charge in [0.05, 0.1) is 5.02 Å². The predicted octanol–water partition coefficient (Wildman–Crippen LogP) is 3.47. The van der Waals surface area contributed by atoms with Crippen molar-refractivity contribution in [1.29, 1.82) is 0 Å². The number of nitrogens with zero attached hydrogens (tertiary/aromatic N) is 4. The first-order valence-corrected chi connectivity index (χ1v) is 8.03. The normalized spacial score (nSPS) is 11.0. The largest absolute Gasteiger partial charge is 0.321 e. The number of aromatic amines is 1. The number of pyridine rings is 1. The van der Waals surface area contributed by atoms with Crippen molar-refractivity contribution >= 4 is 28.8 Å². The third-order valence-corrected chi connectivity index (χ3v) is 3.96. The molecule has 0 aliphatic rings. The van der Waals surface area contributed by atoms with Gasteiger partial charge in [-0.05, 0) is 43.3 Å². The molecular formula is C17H12ClFN6O. The fraction of sp³-hybridized carbons (Fsp3) is 0.0588. The van der Waals surface area contributed by atoms with Crippen molar-refractivity contribution in [3.8, 4) is 11.4 Å². The molecule has 4 aromatic rings. The molecule has 1 amide bonds. The van der Waals surface area contributed by atoms with E-state index in [9.17, 15) is 9.18 Å². The minimum atomic E-state index is -0.771. The fourth-order valence-electron chi connectivity index (χ4n) is 2.50. The maximum Gasteiger partial charge on any atom is 0.279 e. The van der Waals surface area contributed by atoms with E-state index in [0.717, 1.165) is 9.96 Å². The highest BCUT2D eigenvalue weighted by atomic mass is 35.5. The molecule has 0 atom stereocenters. The highest BCUT2D eigenvalue weighted by molar-refractivity contribution is 6.30. The zero-order chi connectivity index (χ0) is 18.3. The summed E-state index contributed by atoms with van der Waals surface area (Å²) in [5.74, 6) is -0.153. The van der Waals surface area contributed by atoms with Gasteiger partial charge in [0.2, 0.25) is 5.95 Å². The van der Waals surface area contributed by atoms with Gasteiger partial charge in [0.15, 0.2) is 11.5 Å². The van der Waals surface area contributed by atoms with Gasteiger partial charge in [-0.15, -0.1) is 0 Å². The maximum atomic E-state index is 14.4. The Balaban J connectivity index is 1.57. The average Bonchev–Trinajstić information content (AvgIpc) is 3.20. The summed E-state index contributed by atoms with van der Waals surface area (Å²) in [4.78, 5) is 20.6. The van der Waals surface area contributed by atoms with Crippen molar-refractivity contribution in [3.05, 3.63) is 65.1 Å². The third kappa shape index (κ3) is 2.91. The molecule has 0 spiro atoms. The van der Waals surface area contributed by atoms with E-state index in [1.165, 1.54) is 12.3 Å². The fourth-order valence-corrected chi connectivity index (χ4v) is 2.66. The van der Waals surface area contributed by atoms with E-state index < -0.39 is 11.9 Å². The van der Waals surface area contributed by atoms with Crippen LogP contribution in [0, 0.1) is 12.9 Å². The van der Waals surface area contributed by atoms with Gasteiger partial charge in [0, 0.05) is 17.4 Å². The van der Waals surface area contributed by atoms with Crippen LogP contribution in [0.1, 0.15) is 16.3 Å². The molecule has 26 heavy (non-hydrogen) atoms. The van der Waals surface area contributed by atoms with E-state index in [4.69, 9.17) is 11.6 Å². The number of fused-ring (bicyclic) bond motifs is 1. The number of hydrogen-bond donors (Lipinski definition) is 2. The molecule has 9 heteroatoms. The van der Waals surface area contributed by atoms with Gasteiger partial charge in [0.25, 0.3) is 5.91 Å². The molecule has 0 radical (unpaired) electrons. The molecule has 0 bridgehead atoms. The van der Waals surface area contributed by atoms with Crippen LogP contribution in [-0.4, -0.2) is 30.5 Å². The van der Waals surface area contributed by atoms with E-state index >= 15 is 0 Å². The number of carbonyl (C=O) groups is 1. The number of halogens is 2. The SMILES string of the molecule is Cc1nc(-c2ccc(NC(=O)c3nc4ccc(Cl)cn4c3F)cc2)n[nH]1. The summed E-state index contributed by atoms with van der Waals surface area (Å²) in [5.41, 5.74) is 1.29. The van der Waals surface area contributed by atoms with Gasteiger partial charge in [-0.3, -0.25) is 14.3 Å². The van der Waals surface area contributed by atoms with Crippen LogP contribution >= 0.6 is 11.6 Å². The number of H-pyrrole nitrogens is 1. The Kier molecular flexibility index (Phi) is 3.89. The van der Waals surface area contributed by atoms with Gasteiger partial charge in [-0.2, -0.15) is 9.49 Å². The van der Waals surface area contributed by atoms with Crippen LogP contribution in [0.25, 0.3) is 17.0 Å². The van der Waals surface area contributed by atoms with Crippen molar-refractivity contribution in [3.63, 3.8) is 0 Å². The van der Waals surface area contributed by atoms with Gasteiger partial charge in [-0.25, -0.2) is 9.97 Å². The van der Waals surface area contributed by atoms with Crippen molar-refractivity contribution < 1.29 is 9.18 Å². The number of rotatable bonds is 3. The molecule has 2 N–H and O–H groups in total. The van der Waals surface area contributed by atoms with Crippen molar-refractivity contribution in [2.75, 3.05) is 5.32 Å². The lowest BCUT2D eigenvalue weighted by Gasteiger charge is -2.04. The Hall–Kier alpha value is -3.26. The lowest BCUT2D eigenvalue weighted by atomic mass is 10.2. The van der Waals surface area contributed by atoms with Crippen LogP contribution in [0.3, 0.4) is 0 Å². The Bertz CT molecular complexity index is 1120. The number of amides is 1. The van der Waals surface area contributed by atoms with E-state index in [1.807, 2.05) is 6.92 Å². The lowest BCUT2D eigenvalue weighted by Crippen LogP contribution is -2.14. The molecule has 0 aliphatic carbocycles. The van der Waals surface area contributed by atoms with Crippen LogP contribution in [0.4, 0.5) is 10.1 Å². The maximum absolute atomic E-state index is 14.4. The van der Waals surface area contributed by atoms with Gasteiger partial charge < -0.3 is 5.32 Å². The Morgan fingerprint density at radius 2 is 1.96 bits per heavy atom. The van der Waals surface area contributed by atoms with E-state index in [2.05, 4.69) is 25.5 Å². The number of aryl methyl sites for hydroxylation is 1. The molecule has 0 saturated carbocycles. The first kappa shape index (κ1) is 16.2. The van der Waals surface area contributed by atoms with E-state index in [-0.39, 0.29) is 5.69 Å². The zero-order valence-electron chi connectivity index (χ0n) is 13.5. The Morgan fingerprint density at radius 3 is 2.65 bits per heavy atom. The molecule has 0 saturated heterocycles. The van der Waals surface area contributed by atoms with Crippen LogP contribution < -0.4 is 5.32 Å². The Morgan fingerprint density at radius 1 is 1.19 bits per heavy atom. The van der Waals surface area contributed by atoms with E-state index in [0.29, 0.717) is 28.0 Å². The van der Waals surface area contributed by atoms with E-state index in [1.54, 1.807) is 30.3 Å².